The monoisotopic (exact) mass is 448 g/mol. The first-order valence-electron chi connectivity index (χ1n) is 11.5. The summed E-state index contributed by atoms with van der Waals surface area (Å²) >= 11 is 0. The summed E-state index contributed by atoms with van der Waals surface area (Å²) in [6.07, 6.45) is 1.88. The van der Waals surface area contributed by atoms with E-state index in [4.69, 9.17) is 14.5 Å². The summed E-state index contributed by atoms with van der Waals surface area (Å²) in [4.78, 5) is 25.9. The number of aryl methyl sites for hydroxylation is 1. The highest BCUT2D eigenvalue weighted by atomic mass is 16.6. The Morgan fingerprint density at radius 1 is 1.09 bits per heavy atom. The van der Waals surface area contributed by atoms with Gasteiger partial charge in [-0.15, -0.1) is 0 Å². The molecule has 0 radical (unpaired) electrons. The van der Waals surface area contributed by atoms with Crippen LogP contribution in [0.5, 0.6) is 5.75 Å². The Bertz CT molecular complexity index is 1110. The Labute approximate surface area is 195 Å². The van der Waals surface area contributed by atoms with Gasteiger partial charge in [-0.2, -0.15) is 0 Å². The summed E-state index contributed by atoms with van der Waals surface area (Å²) in [5, 5.41) is 0. The van der Waals surface area contributed by atoms with Gasteiger partial charge in [0.05, 0.1) is 23.8 Å². The maximum atomic E-state index is 11.6. The number of carbonyl (C=O) groups excluding carboxylic acids is 1. The van der Waals surface area contributed by atoms with Gasteiger partial charge >= 0.3 is 5.97 Å². The molecule has 0 amide bonds. The first-order valence-corrected chi connectivity index (χ1v) is 11.5. The SMILES string of the molecule is CCOC(=O)COc1cc(C)cc(CN2[C@H](C)CN(c3cnc4ccccc4n3)C[C@@H]2C)c1. The van der Waals surface area contributed by atoms with Gasteiger partial charge in [-0.25, -0.2) is 9.78 Å². The Morgan fingerprint density at radius 3 is 2.55 bits per heavy atom. The molecule has 2 atom stereocenters. The Kier molecular flexibility index (Phi) is 7.08. The van der Waals surface area contributed by atoms with Crippen LogP contribution in [0.15, 0.2) is 48.7 Å². The van der Waals surface area contributed by atoms with E-state index in [-0.39, 0.29) is 12.6 Å². The molecule has 2 aromatic carbocycles. The molecule has 3 aromatic rings. The molecule has 1 aliphatic rings. The quantitative estimate of drug-likeness (QED) is 0.507. The molecule has 1 saturated heterocycles. The first-order chi connectivity index (χ1) is 15.9. The molecule has 0 aliphatic carbocycles. The van der Waals surface area contributed by atoms with Gasteiger partial charge in [0.25, 0.3) is 0 Å². The van der Waals surface area contributed by atoms with E-state index in [1.807, 2.05) is 49.5 Å². The van der Waals surface area contributed by atoms with Gasteiger partial charge in [0.15, 0.2) is 6.61 Å². The van der Waals surface area contributed by atoms with E-state index in [0.717, 1.165) is 42.0 Å². The molecule has 0 bridgehead atoms. The lowest BCUT2D eigenvalue weighted by Gasteiger charge is -2.45. The van der Waals surface area contributed by atoms with Gasteiger partial charge in [-0.3, -0.25) is 9.88 Å². The molecule has 0 N–H and O–H groups in total. The Hall–Kier alpha value is -3.19. The van der Waals surface area contributed by atoms with Crippen LogP contribution in [0, 0.1) is 6.92 Å². The average Bonchev–Trinajstić information content (AvgIpc) is 2.79. The zero-order chi connectivity index (χ0) is 23.4. The zero-order valence-corrected chi connectivity index (χ0v) is 19.8. The minimum absolute atomic E-state index is 0.0744. The first kappa shape index (κ1) is 23.0. The summed E-state index contributed by atoms with van der Waals surface area (Å²) in [7, 11) is 0. The molecular weight excluding hydrogens is 416 g/mol. The maximum Gasteiger partial charge on any atom is 0.344 e. The number of para-hydroxylation sites is 2. The second-order valence-corrected chi connectivity index (χ2v) is 8.74. The molecule has 0 unspecified atom stereocenters. The van der Waals surface area contributed by atoms with Gasteiger partial charge in [0.1, 0.15) is 11.6 Å². The highest BCUT2D eigenvalue weighted by molar-refractivity contribution is 5.75. The van der Waals surface area contributed by atoms with Crippen LogP contribution >= 0.6 is 0 Å². The van der Waals surface area contributed by atoms with Crippen molar-refractivity contribution in [1.29, 1.82) is 0 Å². The number of ether oxygens (including phenoxy) is 2. The minimum atomic E-state index is -0.351. The van der Waals surface area contributed by atoms with E-state index in [2.05, 4.69) is 34.7 Å². The fourth-order valence-electron chi connectivity index (χ4n) is 4.51. The molecule has 174 valence electrons. The van der Waals surface area contributed by atoms with Crippen molar-refractivity contribution in [2.75, 3.05) is 31.2 Å². The van der Waals surface area contributed by atoms with E-state index in [1.165, 1.54) is 5.56 Å². The second-order valence-electron chi connectivity index (χ2n) is 8.74. The number of esters is 1. The van der Waals surface area contributed by atoms with Crippen LogP contribution in [0.25, 0.3) is 11.0 Å². The Balaban J connectivity index is 1.43. The van der Waals surface area contributed by atoms with Crippen LogP contribution in [0.4, 0.5) is 5.82 Å². The van der Waals surface area contributed by atoms with Gasteiger partial charge in [0.2, 0.25) is 0 Å². The van der Waals surface area contributed by atoms with Gasteiger partial charge in [0, 0.05) is 31.7 Å². The number of fused-ring (bicyclic) bond motifs is 1. The second kappa shape index (κ2) is 10.2. The van der Waals surface area contributed by atoms with E-state index in [1.54, 1.807) is 6.92 Å². The summed E-state index contributed by atoms with van der Waals surface area (Å²) in [5.41, 5.74) is 4.12. The number of benzene rings is 2. The fraction of sp³-hybridized carbons (Fsp3) is 0.423. The van der Waals surface area contributed by atoms with Crippen LogP contribution in [0.1, 0.15) is 31.9 Å². The van der Waals surface area contributed by atoms with E-state index < -0.39 is 0 Å². The molecule has 2 heterocycles. The lowest BCUT2D eigenvalue weighted by Crippen LogP contribution is -2.56. The van der Waals surface area contributed by atoms with Gasteiger partial charge in [-0.05, 0) is 63.1 Å². The maximum absolute atomic E-state index is 11.6. The minimum Gasteiger partial charge on any atom is -0.482 e. The largest absolute Gasteiger partial charge is 0.482 e. The fourth-order valence-corrected chi connectivity index (χ4v) is 4.51. The standard InChI is InChI=1S/C26H32N4O3/c1-5-32-26(31)17-33-22-11-18(2)10-21(12-22)16-30-19(3)14-29(15-20(30)4)25-13-27-23-8-6-7-9-24(23)28-25/h6-13,19-20H,5,14-17H2,1-4H3/t19-,20+. The van der Waals surface area contributed by atoms with Crippen molar-refractivity contribution in [2.24, 2.45) is 0 Å². The third-order valence-electron chi connectivity index (χ3n) is 6.00. The number of aromatic nitrogens is 2. The number of anilines is 1. The molecule has 1 aromatic heterocycles. The molecule has 0 spiro atoms. The smallest absolute Gasteiger partial charge is 0.344 e. The molecule has 4 rings (SSSR count). The predicted molar refractivity (Wildman–Crippen MR) is 130 cm³/mol. The molecule has 7 nitrogen and oxygen atoms in total. The van der Waals surface area contributed by atoms with Crippen molar-refractivity contribution < 1.29 is 14.3 Å². The number of piperazine rings is 1. The van der Waals surface area contributed by atoms with Crippen LogP contribution in [0.2, 0.25) is 0 Å². The van der Waals surface area contributed by atoms with Crippen molar-refractivity contribution >= 4 is 22.8 Å². The molecular formula is C26H32N4O3. The zero-order valence-electron chi connectivity index (χ0n) is 19.8. The number of hydrogen-bond donors (Lipinski definition) is 0. The Morgan fingerprint density at radius 2 is 1.82 bits per heavy atom. The number of carbonyl (C=O) groups is 1. The predicted octanol–water partition coefficient (Wildman–Crippen LogP) is 3.98. The summed E-state index contributed by atoms with van der Waals surface area (Å²) in [6.45, 7) is 11.2. The number of nitrogens with zero attached hydrogens (tertiary/aromatic N) is 4. The van der Waals surface area contributed by atoms with Crippen LogP contribution in [0.3, 0.4) is 0 Å². The molecule has 0 saturated carbocycles. The van der Waals surface area contributed by atoms with E-state index >= 15 is 0 Å². The lowest BCUT2D eigenvalue weighted by molar-refractivity contribution is -0.145. The molecule has 7 heteroatoms. The van der Waals surface area contributed by atoms with Crippen LogP contribution in [-0.4, -0.2) is 59.2 Å². The average molecular weight is 449 g/mol. The van der Waals surface area contributed by atoms with E-state index in [0.29, 0.717) is 24.4 Å². The van der Waals surface area contributed by atoms with Gasteiger partial charge in [-0.1, -0.05) is 18.2 Å². The molecule has 33 heavy (non-hydrogen) atoms. The van der Waals surface area contributed by atoms with Crippen LogP contribution < -0.4 is 9.64 Å². The van der Waals surface area contributed by atoms with Crippen molar-refractivity contribution in [3.8, 4) is 5.75 Å². The molecule has 1 aliphatic heterocycles. The normalized spacial score (nSPS) is 19.0. The topological polar surface area (TPSA) is 67.8 Å². The van der Waals surface area contributed by atoms with Crippen molar-refractivity contribution in [3.63, 3.8) is 0 Å². The highest BCUT2D eigenvalue weighted by Crippen LogP contribution is 2.25. The highest BCUT2D eigenvalue weighted by Gasteiger charge is 2.30. The summed E-state index contributed by atoms with van der Waals surface area (Å²) in [5.74, 6) is 1.27. The third-order valence-corrected chi connectivity index (χ3v) is 6.00. The summed E-state index contributed by atoms with van der Waals surface area (Å²) < 4.78 is 10.6. The third kappa shape index (κ3) is 5.60. The van der Waals surface area contributed by atoms with Gasteiger partial charge < -0.3 is 14.4 Å². The van der Waals surface area contributed by atoms with E-state index in [9.17, 15) is 4.79 Å². The number of rotatable bonds is 7. The van der Waals surface area contributed by atoms with Crippen molar-refractivity contribution in [3.05, 3.63) is 59.8 Å². The lowest BCUT2D eigenvalue weighted by atomic mass is 10.0. The van der Waals surface area contributed by atoms with Crippen LogP contribution in [-0.2, 0) is 16.1 Å². The van der Waals surface area contributed by atoms with Crippen molar-refractivity contribution in [1.82, 2.24) is 14.9 Å². The number of hydrogen-bond acceptors (Lipinski definition) is 7. The molecule has 1 fully saturated rings. The summed E-state index contributed by atoms with van der Waals surface area (Å²) in [6, 6.07) is 14.8. The van der Waals surface area contributed by atoms with Crippen molar-refractivity contribution in [2.45, 2.75) is 46.3 Å².